The first-order valence-electron chi connectivity index (χ1n) is 5.74. The minimum absolute atomic E-state index is 0.294. The lowest BCUT2D eigenvalue weighted by Crippen LogP contribution is -2.41. The lowest BCUT2D eigenvalue weighted by molar-refractivity contribution is -0.139. The molecule has 6 heteroatoms. The highest BCUT2D eigenvalue weighted by molar-refractivity contribution is 7.98. The number of benzene rings is 1. The molecule has 0 aromatic heterocycles. The standard InChI is InChI=1S/C13H16ClNO3S/c1-8-3-4-9(10(14)7-8)12(16)15-11(13(17)18)5-6-19-2/h3-4,7,11H,5-6H2,1-2H3,(H,15,16)(H,17,18). The van der Waals surface area contributed by atoms with Gasteiger partial charge in [-0.1, -0.05) is 17.7 Å². The second-order valence-electron chi connectivity index (χ2n) is 4.13. The summed E-state index contributed by atoms with van der Waals surface area (Å²) in [5, 5.41) is 11.9. The Balaban J connectivity index is 2.78. The molecule has 0 aliphatic carbocycles. The Labute approximate surface area is 121 Å². The Morgan fingerprint density at radius 2 is 2.16 bits per heavy atom. The molecule has 1 amide bonds. The Kier molecular flexibility index (Phi) is 6.18. The Bertz CT molecular complexity index is 479. The van der Waals surface area contributed by atoms with Gasteiger partial charge in [-0.2, -0.15) is 11.8 Å². The molecule has 104 valence electrons. The molecule has 1 aromatic rings. The first-order chi connectivity index (χ1) is 8.95. The van der Waals surface area contributed by atoms with Gasteiger partial charge in [0.1, 0.15) is 6.04 Å². The van der Waals surface area contributed by atoms with Crippen LogP contribution in [-0.2, 0) is 4.79 Å². The molecule has 1 unspecified atom stereocenters. The van der Waals surface area contributed by atoms with Crippen LogP contribution in [0.1, 0.15) is 22.3 Å². The number of carbonyl (C=O) groups is 2. The number of aliphatic carboxylic acids is 1. The molecule has 0 aliphatic rings. The second kappa shape index (κ2) is 7.40. The highest BCUT2D eigenvalue weighted by atomic mass is 35.5. The van der Waals surface area contributed by atoms with Crippen LogP contribution in [0.3, 0.4) is 0 Å². The smallest absolute Gasteiger partial charge is 0.326 e. The lowest BCUT2D eigenvalue weighted by Gasteiger charge is -2.14. The van der Waals surface area contributed by atoms with Gasteiger partial charge in [0.05, 0.1) is 10.6 Å². The molecule has 19 heavy (non-hydrogen) atoms. The molecular weight excluding hydrogens is 286 g/mol. The van der Waals surface area contributed by atoms with Crippen LogP contribution in [0.2, 0.25) is 5.02 Å². The molecule has 4 nitrogen and oxygen atoms in total. The van der Waals surface area contributed by atoms with Crippen molar-refractivity contribution < 1.29 is 14.7 Å². The van der Waals surface area contributed by atoms with E-state index >= 15 is 0 Å². The Morgan fingerprint density at radius 3 is 2.68 bits per heavy atom. The highest BCUT2D eigenvalue weighted by Gasteiger charge is 2.21. The Hall–Kier alpha value is -1.20. The van der Waals surface area contributed by atoms with E-state index in [9.17, 15) is 9.59 Å². The van der Waals surface area contributed by atoms with Crippen molar-refractivity contribution in [1.82, 2.24) is 5.32 Å². The maximum absolute atomic E-state index is 12.0. The van der Waals surface area contributed by atoms with E-state index in [0.717, 1.165) is 5.56 Å². The van der Waals surface area contributed by atoms with E-state index in [1.54, 1.807) is 18.2 Å². The molecule has 0 fully saturated rings. The quantitative estimate of drug-likeness (QED) is 0.847. The minimum atomic E-state index is -1.04. The van der Waals surface area contributed by atoms with Gasteiger partial charge in [-0.25, -0.2) is 4.79 Å². The monoisotopic (exact) mass is 301 g/mol. The number of carboxylic acids is 1. The van der Waals surface area contributed by atoms with Crippen LogP contribution in [0.4, 0.5) is 0 Å². The molecular formula is C13H16ClNO3S. The van der Waals surface area contributed by atoms with Crippen LogP contribution in [-0.4, -0.2) is 35.0 Å². The summed E-state index contributed by atoms with van der Waals surface area (Å²) in [6.07, 6.45) is 2.27. The second-order valence-corrected chi connectivity index (χ2v) is 5.52. The molecule has 0 spiro atoms. The predicted molar refractivity (Wildman–Crippen MR) is 78.1 cm³/mol. The number of hydrogen-bond acceptors (Lipinski definition) is 3. The fraction of sp³-hybridized carbons (Fsp3) is 0.385. The van der Waals surface area contributed by atoms with E-state index < -0.39 is 17.9 Å². The largest absolute Gasteiger partial charge is 0.480 e. The van der Waals surface area contributed by atoms with Crippen LogP contribution < -0.4 is 5.32 Å². The summed E-state index contributed by atoms with van der Waals surface area (Å²) in [5.41, 5.74) is 1.24. The summed E-state index contributed by atoms with van der Waals surface area (Å²) < 4.78 is 0. The molecule has 1 aromatic carbocycles. The average Bonchev–Trinajstić information content (AvgIpc) is 2.33. The molecule has 0 aliphatic heterocycles. The van der Waals surface area contributed by atoms with Crippen LogP contribution in [0.15, 0.2) is 18.2 Å². The van der Waals surface area contributed by atoms with Gasteiger partial charge in [-0.05, 0) is 43.0 Å². The van der Waals surface area contributed by atoms with E-state index in [4.69, 9.17) is 16.7 Å². The van der Waals surface area contributed by atoms with E-state index in [0.29, 0.717) is 22.8 Å². The number of carboxylic acid groups (broad SMARTS) is 1. The molecule has 0 bridgehead atoms. The van der Waals surface area contributed by atoms with Gasteiger partial charge in [0.2, 0.25) is 0 Å². The number of carbonyl (C=O) groups excluding carboxylic acids is 1. The molecule has 1 rings (SSSR count). The van der Waals surface area contributed by atoms with Crippen molar-refractivity contribution in [3.05, 3.63) is 34.3 Å². The SMILES string of the molecule is CSCCC(NC(=O)c1ccc(C)cc1Cl)C(=O)O. The number of nitrogens with one attached hydrogen (secondary N) is 1. The number of thioether (sulfide) groups is 1. The number of hydrogen-bond donors (Lipinski definition) is 2. The van der Waals surface area contributed by atoms with Gasteiger partial charge in [-0.15, -0.1) is 0 Å². The van der Waals surface area contributed by atoms with Crippen LogP contribution in [0, 0.1) is 6.92 Å². The number of rotatable bonds is 6. The zero-order chi connectivity index (χ0) is 14.4. The fourth-order valence-corrected chi connectivity index (χ4v) is 2.33. The zero-order valence-electron chi connectivity index (χ0n) is 10.8. The van der Waals surface area contributed by atoms with Crippen LogP contribution >= 0.6 is 23.4 Å². The first-order valence-corrected chi connectivity index (χ1v) is 7.51. The molecule has 0 radical (unpaired) electrons. The fourth-order valence-electron chi connectivity index (χ4n) is 1.53. The lowest BCUT2D eigenvalue weighted by atomic mass is 10.1. The summed E-state index contributed by atoms with van der Waals surface area (Å²) in [4.78, 5) is 23.0. The maximum Gasteiger partial charge on any atom is 0.326 e. The van der Waals surface area contributed by atoms with E-state index in [1.165, 1.54) is 11.8 Å². The third-order valence-electron chi connectivity index (χ3n) is 2.58. The van der Waals surface area contributed by atoms with Crippen molar-refractivity contribution >= 4 is 35.2 Å². The van der Waals surface area contributed by atoms with Gasteiger partial charge in [0, 0.05) is 0 Å². The minimum Gasteiger partial charge on any atom is -0.480 e. The number of amides is 1. The summed E-state index contributed by atoms with van der Waals surface area (Å²) in [5.74, 6) is -0.831. The first kappa shape index (κ1) is 15.9. The molecule has 0 saturated heterocycles. The zero-order valence-corrected chi connectivity index (χ0v) is 12.3. The summed E-state index contributed by atoms with van der Waals surface area (Å²) >= 11 is 7.51. The molecule has 0 heterocycles. The average molecular weight is 302 g/mol. The highest BCUT2D eigenvalue weighted by Crippen LogP contribution is 2.17. The van der Waals surface area contributed by atoms with Crippen molar-refractivity contribution in [3.63, 3.8) is 0 Å². The third kappa shape index (κ3) is 4.76. The van der Waals surface area contributed by atoms with Crippen LogP contribution in [0.25, 0.3) is 0 Å². The Morgan fingerprint density at radius 1 is 1.47 bits per heavy atom. The van der Waals surface area contributed by atoms with Gasteiger partial charge in [0.15, 0.2) is 0 Å². The maximum atomic E-state index is 12.0. The number of halogens is 1. The third-order valence-corrected chi connectivity index (χ3v) is 3.54. The summed E-state index contributed by atoms with van der Waals surface area (Å²) in [7, 11) is 0. The van der Waals surface area contributed by atoms with Crippen molar-refractivity contribution in [2.75, 3.05) is 12.0 Å². The van der Waals surface area contributed by atoms with E-state index in [1.807, 2.05) is 13.2 Å². The van der Waals surface area contributed by atoms with Crippen molar-refractivity contribution in [2.45, 2.75) is 19.4 Å². The van der Waals surface area contributed by atoms with Gasteiger partial charge < -0.3 is 10.4 Å². The van der Waals surface area contributed by atoms with Gasteiger partial charge >= 0.3 is 5.97 Å². The molecule has 0 saturated carbocycles. The molecule has 2 N–H and O–H groups in total. The molecule has 1 atom stereocenters. The summed E-state index contributed by atoms with van der Waals surface area (Å²) in [6.45, 7) is 1.87. The van der Waals surface area contributed by atoms with Crippen molar-refractivity contribution in [3.8, 4) is 0 Å². The van der Waals surface area contributed by atoms with E-state index in [2.05, 4.69) is 5.32 Å². The van der Waals surface area contributed by atoms with Crippen molar-refractivity contribution in [2.24, 2.45) is 0 Å². The van der Waals surface area contributed by atoms with Crippen LogP contribution in [0.5, 0.6) is 0 Å². The van der Waals surface area contributed by atoms with Crippen molar-refractivity contribution in [1.29, 1.82) is 0 Å². The van der Waals surface area contributed by atoms with Gasteiger partial charge in [0.25, 0.3) is 5.91 Å². The van der Waals surface area contributed by atoms with Gasteiger partial charge in [-0.3, -0.25) is 4.79 Å². The summed E-state index contributed by atoms with van der Waals surface area (Å²) in [6, 6.07) is 4.14. The topological polar surface area (TPSA) is 66.4 Å². The normalized spacial score (nSPS) is 11.9. The predicted octanol–water partition coefficient (Wildman–Crippen LogP) is 2.58. The van der Waals surface area contributed by atoms with E-state index in [-0.39, 0.29) is 0 Å². The number of aryl methyl sites for hydroxylation is 1.